The van der Waals surface area contributed by atoms with Gasteiger partial charge in [0, 0.05) is 5.39 Å². The molecule has 1 aromatic carbocycles. The zero-order chi connectivity index (χ0) is 12.3. The largest absolute Gasteiger partial charge is 0.478 e. The van der Waals surface area contributed by atoms with E-state index in [1.54, 1.807) is 24.3 Å². The first-order chi connectivity index (χ1) is 8.22. The van der Waals surface area contributed by atoms with Crippen LogP contribution in [0.4, 0.5) is 0 Å². The average molecular weight is 230 g/mol. The van der Waals surface area contributed by atoms with Gasteiger partial charge in [-0.3, -0.25) is 9.78 Å². The van der Waals surface area contributed by atoms with Crippen LogP contribution in [0.5, 0.6) is 0 Å². The summed E-state index contributed by atoms with van der Waals surface area (Å²) in [5.41, 5.74) is 1.22. The molecule has 17 heavy (non-hydrogen) atoms. The smallest absolute Gasteiger partial charge is 0.337 e. The summed E-state index contributed by atoms with van der Waals surface area (Å²) in [5.74, 6) is -1.01. The van der Waals surface area contributed by atoms with Crippen molar-refractivity contribution in [2.75, 3.05) is 0 Å². The SMILES string of the molecule is O=CNCc1ccc2cccc(C(=O)O)c2n1. The van der Waals surface area contributed by atoms with Crippen LogP contribution >= 0.6 is 0 Å². The first-order valence-electron chi connectivity index (χ1n) is 5.01. The van der Waals surface area contributed by atoms with Gasteiger partial charge in [0.05, 0.1) is 23.3 Å². The number of benzene rings is 1. The molecule has 0 bridgehead atoms. The van der Waals surface area contributed by atoms with Gasteiger partial charge in [0.1, 0.15) is 0 Å². The van der Waals surface area contributed by atoms with Gasteiger partial charge in [0.2, 0.25) is 6.41 Å². The van der Waals surface area contributed by atoms with E-state index >= 15 is 0 Å². The minimum absolute atomic E-state index is 0.162. The van der Waals surface area contributed by atoms with Crippen molar-refractivity contribution in [2.45, 2.75) is 6.54 Å². The quantitative estimate of drug-likeness (QED) is 0.773. The number of aromatic carboxylic acids is 1. The summed E-state index contributed by atoms with van der Waals surface area (Å²) >= 11 is 0. The molecule has 0 aliphatic rings. The molecule has 1 aromatic heterocycles. The fourth-order valence-corrected chi connectivity index (χ4v) is 1.60. The van der Waals surface area contributed by atoms with Crippen molar-refractivity contribution in [2.24, 2.45) is 0 Å². The van der Waals surface area contributed by atoms with Crippen LogP contribution in [0.15, 0.2) is 30.3 Å². The monoisotopic (exact) mass is 230 g/mol. The molecule has 0 atom stereocenters. The summed E-state index contributed by atoms with van der Waals surface area (Å²) in [4.78, 5) is 25.4. The molecule has 5 heteroatoms. The Kier molecular flexibility index (Phi) is 3.00. The highest BCUT2D eigenvalue weighted by Gasteiger charge is 2.09. The second-order valence-electron chi connectivity index (χ2n) is 3.48. The molecule has 0 aliphatic carbocycles. The molecular weight excluding hydrogens is 220 g/mol. The molecule has 0 saturated heterocycles. The molecule has 0 saturated carbocycles. The number of nitrogens with one attached hydrogen (secondary N) is 1. The predicted molar refractivity (Wildman–Crippen MR) is 61.6 cm³/mol. The number of rotatable bonds is 4. The third kappa shape index (κ3) is 2.23. The van der Waals surface area contributed by atoms with E-state index in [1.165, 1.54) is 6.07 Å². The third-order valence-electron chi connectivity index (χ3n) is 2.37. The lowest BCUT2D eigenvalue weighted by molar-refractivity contribution is -0.109. The Bertz CT molecular complexity index is 581. The summed E-state index contributed by atoms with van der Waals surface area (Å²) < 4.78 is 0. The Morgan fingerprint density at radius 1 is 1.35 bits per heavy atom. The van der Waals surface area contributed by atoms with Gasteiger partial charge in [-0.1, -0.05) is 18.2 Å². The van der Waals surface area contributed by atoms with Crippen molar-refractivity contribution in [3.63, 3.8) is 0 Å². The minimum atomic E-state index is -1.01. The van der Waals surface area contributed by atoms with Gasteiger partial charge >= 0.3 is 5.97 Å². The summed E-state index contributed by atoms with van der Waals surface area (Å²) in [6.45, 7) is 0.285. The van der Waals surface area contributed by atoms with E-state index in [0.717, 1.165) is 5.39 Å². The Morgan fingerprint density at radius 3 is 2.88 bits per heavy atom. The molecule has 0 aliphatic heterocycles. The van der Waals surface area contributed by atoms with Crippen LogP contribution in [0.3, 0.4) is 0 Å². The van der Waals surface area contributed by atoms with Gasteiger partial charge < -0.3 is 10.4 Å². The highest BCUT2D eigenvalue weighted by atomic mass is 16.4. The highest BCUT2D eigenvalue weighted by Crippen LogP contribution is 2.17. The van der Waals surface area contributed by atoms with Crippen LogP contribution in [0.1, 0.15) is 16.1 Å². The van der Waals surface area contributed by atoms with E-state index in [0.29, 0.717) is 17.6 Å². The normalized spacial score (nSPS) is 10.1. The molecule has 2 rings (SSSR count). The zero-order valence-electron chi connectivity index (χ0n) is 8.88. The molecule has 1 heterocycles. The Labute approximate surface area is 97.1 Å². The van der Waals surface area contributed by atoms with Crippen LogP contribution in [0.2, 0.25) is 0 Å². The van der Waals surface area contributed by atoms with Crippen LogP contribution in [0.25, 0.3) is 10.9 Å². The topological polar surface area (TPSA) is 79.3 Å². The maximum Gasteiger partial charge on any atom is 0.337 e. The van der Waals surface area contributed by atoms with Crippen LogP contribution < -0.4 is 5.32 Å². The molecule has 0 fully saturated rings. The molecule has 5 nitrogen and oxygen atoms in total. The summed E-state index contributed by atoms with van der Waals surface area (Å²) in [6.07, 6.45) is 0.578. The number of carboxylic acids is 1. The maximum atomic E-state index is 11.0. The summed E-state index contributed by atoms with van der Waals surface area (Å²) in [6, 6.07) is 8.53. The number of carbonyl (C=O) groups is 2. The Morgan fingerprint density at radius 2 is 2.18 bits per heavy atom. The molecule has 2 N–H and O–H groups in total. The van der Waals surface area contributed by atoms with Crippen molar-refractivity contribution >= 4 is 23.3 Å². The molecule has 0 spiro atoms. The number of amides is 1. The second kappa shape index (κ2) is 4.61. The van der Waals surface area contributed by atoms with Crippen molar-refractivity contribution < 1.29 is 14.7 Å². The zero-order valence-corrected chi connectivity index (χ0v) is 8.88. The van der Waals surface area contributed by atoms with Crippen LogP contribution in [0, 0.1) is 0 Å². The van der Waals surface area contributed by atoms with Gasteiger partial charge in [-0.25, -0.2) is 4.79 Å². The number of nitrogens with zero attached hydrogens (tertiary/aromatic N) is 1. The van der Waals surface area contributed by atoms with E-state index in [9.17, 15) is 9.59 Å². The highest BCUT2D eigenvalue weighted by molar-refractivity contribution is 6.01. The van der Waals surface area contributed by atoms with E-state index in [4.69, 9.17) is 5.11 Å². The van der Waals surface area contributed by atoms with Gasteiger partial charge in [0.15, 0.2) is 0 Å². The third-order valence-corrected chi connectivity index (χ3v) is 2.37. The molecule has 0 unspecified atom stereocenters. The number of fused-ring (bicyclic) bond motifs is 1. The second-order valence-corrected chi connectivity index (χ2v) is 3.48. The van der Waals surface area contributed by atoms with Crippen LogP contribution in [-0.4, -0.2) is 22.5 Å². The molecule has 86 valence electrons. The number of hydrogen-bond donors (Lipinski definition) is 2. The predicted octanol–water partition coefficient (Wildman–Crippen LogP) is 1.18. The number of aromatic nitrogens is 1. The first-order valence-corrected chi connectivity index (χ1v) is 5.01. The number of carboxylic acid groups (broad SMARTS) is 1. The van der Waals surface area contributed by atoms with E-state index in [2.05, 4.69) is 10.3 Å². The van der Waals surface area contributed by atoms with Crippen molar-refractivity contribution in [1.29, 1.82) is 0 Å². The average Bonchev–Trinajstić information content (AvgIpc) is 2.35. The maximum absolute atomic E-state index is 11.0. The summed E-state index contributed by atoms with van der Waals surface area (Å²) in [5, 5.41) is 12.3. The summed E-state index contributed by atoms with van der Waals surface area (Å²) in [7, 11) is 0. The molecule has 1 amide bonds. The number of para-hydroxylation sites is 1. The van der Waals surface area contributed by atoms with E-state index < -0.39 is 5.97 Å². The molecular formula is C12H10N2O3. The molecule has 2 aromatic rings. The lowest BCUT2D eigenvalue weighted by atomic mass is 10.1. The van der Waals surface area contributed by atoms with Gasteiger partial charge in [-0.05, 0) is 12.1 Å². The lowest BCUT2D eigenvalue weighted by Gasteiger charge is -2.04. The standard InChI is InChI=1S/C12H10N2O3/c15-7-13-6-9-5-4-8-2-1-3-10(12(16)17)11(8)14-9/h1-5,7H,6H2,(H,13,15)(H,16,17). The number of hydrogen-bond acceptors (Lipinski definition) is 3. The van der Waals surface area contributed by atoms with Gasteiger partial charge in [-0.15, -0.1) is 0 Å². The lowest BCUT2D eigenvalue weighted by Crippen LogP contribution is -2.11. The van der Waals surface area contributed by atoms with Gasteiger partial charge in [-0.2, -0.15) is 0 Å². The fraction of sp³-hybridized carbons (Fsp3) is 0.0833. The van der Waals surface area contributed by atoms with Gasteiger partial charge in [0.25, 0.3) is 0 Å². The molecule has 0 radical (unpaired) electrons. The minimum Gasteiger partial charge on any atom is -0.478 e. The van der Waals surface area contributed by atoms with Crippen LogP contribution in [-0.2, 0) is 11.3 Å². The van der Waals surface area contributed by atoms with Crippen molar-refractivity contribution in [3.05, 3.63) is 41.6 Å². The fourth-order valence-electron chi connectivity index (χ4n) is 1.60. The Balaban J connectivity index is 2.53. The number of pyridine rings is 1. The Hall–Kier alpha value is -2.43. The van der Waals surface area contributed by atoms with Crippen molar-refractivity contribution in [1.82, 2.24) is 10.3 Å². The first kappa shape index (κ1) is 11.1. The number of carbonyl (C=O) groups excluding carboxylic acids is 1. The van der Waals surface area contributed by atoms with E-state index in [1.807, 2.05) is 0 Å². The van der Waals surface area contributed by atoms with E-state index in [-0.39, 0.29) is 12.1 Å². The van der Waals surface area contributed by atoms with Crippen molar-refractivity contribution in [3.8, 4) is 0 Å².